The molecule has 6 heavy (non-hydrogen) atoms. The van der Waals surface area contributed by atoms with Crippen LogP contribution in [0.4, 0.5) is 0 Å². The minimum Gasteiger partial charge on any atom is -0.383 e. The van der Waals surface area contributed by atoms with Crippen molar-refractivity contribution in [3.63, 3.8) is 0 Å². The molecule has 0 rings (SSSR count). The van der Waals surface area contributed by atoms with Crippen molar-refractivity contribution in [1.29, 1.82) is 0 Å². The van der Waals surface area contributed by atoms with Crippen LogP contribution < -0.4 is 0 Å². The second-order valence-corrected chi connectivity index (χ2v) is 3.35. The molecule has 0 radical (unpaired) electrons. The maximum Gasteiger partial charge on any atom is 0.0910 e. The highest BCUT2D eigenvalue weighted by molar-refractivity contribution is 8.13. The molecular weight excluding hydrogens is 96.1 g/mol. The number of aliphatic hydroxyl groups is 1. The summed E-state index contributed by atoms with van der Waals surface area (Å²) in [4.78, 5) is 0. The summed E-state index contributed by atoms with van der Waals surface area (Å²) in [6.07, 6.45) is 1.91. The first-order valence-corrected chi connectivity index (χ1v) is 3.63. The van der Waals surface area contributed by atoms with Gasteiger partial charge in [0.05, 0.1) is 5.44 Å². The van der Waals surface area contributed by atoms with Crippen LogP contribution in [0, 0.1) is 0 Å². The van der Waals surface area contributed by atoms with E-state index >= 15 is 0 Å². The Hall–Kier alpha value is 0.180. The molecule has 2 unspecified atom stereocenters. The summed E-state index contributed by atoms with van der Waals surface area (Å²) < 4.78 is 0. The van der Waals surface area contributed by atoms with Crippen LogP contribution in [0.25, 0.3) is 0 Å². The number of aliphatic hydroxyl groups excluding tert-OH is 1. The molecule has 2 atom stereocenters. The van der Waals surface area contributed by atoms with Crippen LogP contribution in [-0.2, 0) is 0 Å². The van der Waals surface area contributed by atoms with Gasteiger partial charge in [-0.05, 0) is 13.2 Å². The van der Waals surface area contributed by atoms with Crippen molar-refractivity contribution in [3.8, 4) is 0 Å². The highest BCUT2D eigenvalue weighted by Crippen LogP contribution is 2.06. The molecule has 0 aliphatic rings. The molecule has 0 spiro atoms. The molecule has 0 aromatic heterocycles. The van der Waals surface area contributed by atoms with E-state index in [0.29, 0.717) is 0 Å². The zero-order valence-corrected chi connectivity index (χ0v) is 4.96. The third-order valence-electron chi connectivity index (χ3n) is 0.582. The Morgan fingerprint density at radius 3 is 2.00 bits per heavy atom. The second-order valence-electron chi connectivity index (χ2n) is 1.29. The minimum absolute atomic E-state index is 0.0617. The molecule has 1 nitrogen and oxygen atoms in total. The predicted molar refractivity (Wildman–Crippen MR) is 32.3 cm³/mol. The van der Waals surface area contributed by atoms with E-state index in [1.54, 1.807) is 6.92 Å². The maximum atomic E-state index is 8.58. The first-order chi connectivity index (χ1) is 2.64. The third kappa shape index (κ3) is 2.42. The Morgan fingerprint density at radius 2 is 2.00 bits per heavy atom. The van der Waals surface area contributed by atoms with Crippen LogP contribution in [-0.4, -0.2) is 22.7 Å². The van der Waals surface area contributed by atoms with Crippen molar-refractivity contribution >= 4 is 16.4 Å². The van der Waals surface area contributed by atoms with Gasteiger partial charge in [-0.2, -0.15) is 10.5 Å². The second kappa shape index (κ2) is 2.37. The fraction of sp³-hybridized carbons (Fsp3) is 0.750. The van der Waals surface area contributed by atoms with Crippen molar-refractivity contribution in [2.45, 2.75) is 12.4 Å². The molecule has 0 aliphatic heterocycles. The lowest BCUT2D eigenvalue weighted by atomic mass is 10.9. The average molecular weight is 106 g/mol. The van der Waals surface area contributed by atoms with Crippen LogP contribution in [0.2, 0.25) is 0 Å². The lowest BCUT2D eigenvalue weighted by Crippen LogP contribution is -1.91. The van der Waals surface area contributed by atoms with Crippen molar-refractivity contribution in [2.24, 2.45) is 0 Å². The molecule has 2 heteroatoms. The van der Waals surface area contributed by atoms with Gasteiger partial charge in [0.2, 0.25) is 0 Å². The van der Waals surface area contributed by atoms with Gasteiger partial charge in [-0.25, -0.2) is 0 Å². The third-order valence-corrected chi connectivity index (χ3v) is 1.75. The van der Waals surface area contributed by atoms with E-state index in [-0.39, 0.29) is 15.9 Å². The smallest absolute Gasteiger partial charge is 0.0910 e. The largest absolute Gasteiger partial charge is 0.383 e. The Balaban J connectivity index is 3.26. The van der Waals surface area contributed by atoms with Gasteiger partial charge < -0.3 is 5.11 Å². The van der Waals surface area contributed by atoms with Gasteiger partial charge in [-0.15, -0.1) is 0 Å². The van der Waals surface area contributed by atoms with E-state index in [1.807, 2.05) is 6.26 Å². The topological polar surface area (TPSA) is 20.2 Å². The van der Waals surface area contributed by atoms with Crippen LogP contribution >= 0.6 is 10.5 Å². The van der Waals surface area contributed by atoms with Gasteiger partial charge in [0.25, 0.3) is 0 Å². The van der Waals surface area contributed by atoms with Crippen LogP contribution in [0.5, 0.6) is 0 Å². The van der Waals surface area contributed by atoms with Gasteiger partial charge in [0.1, 0.15) is 0 Å². The summed E-state index contributed by atoms with van der Waals surface area (Å²) >= 11 is 0. The molecule has 0 amide bonds. The number of hydrogen-bond donors (Lipinski definition) is 1. The first kappa shape index (κ1) is 6.18. The first-order valence-electron chi connectivity index (χ1n) is 1.77. The van der Waals surface area contributed by atoms with Gasteiger partial charge in [0, 0.05) is 0 Å². The van der Waals surface area contributed by atoms with Gasteiger partial charge >= 0.3 is 0 Å². The standard InChI is InChI=1S/C4H10OS/c1-4(5)6(2)3/h4-5H,2H2,1,3H3. The van der Waals surface area contributed by atoms with Crippen LogP contribution in [0.15, 0.2) is 0 Å². The Morgan fingerprint density at radius 1 is 1.83 bits per heavy atom. The highest BCUT2D eigenvalue weighted by Gasteiger charge is 1.87. The average Bonchev–Trinajstić information content (AvgIpc) is 1.36. The van der Waals surface area contributed by atoms with E-state index < -0.39 is 0 Å². The van der Waals surface area contributed by atoms with Crippen LogP contribution in [0.3, 0.4) is 0 Å². The normalized spacial score (nSPS) is 19.8. The molecule has 0 aromatic carbocycles. The minimum atomic E-state index is -0.231. The van der Waals surface area contributed by atoms with E-state index in [4.69, 9.17) is 5.11 Å². The molecular formula is C4H10OS. The summed E-state index contributed by atoms with van der Waals surface area (Å²) in [6, 6.07) is 0. The van der Waals surface area contributed by atoms with Gasteiger partial charge in [-0.3, -0.25) is 0 Å². The summed E-state index contributed by atoms with van der Waals surface area (Å²) in [5, 5.41) is 8.58. The number of rotatable bonds is 1. The Labute approximate surface area is 40.9 Å². The molecule has 0 fully saturated rings. The fourth-order valence-corrected chi connectivity index (χ4v) is 0. The summed E-state index contributed by atoms with van der Waals surface area (Å²) in [7, 11) is -0.0617. The maximum absolute atomic E-state index is 8.58. The zero-order chi connectivity index (χ0) is 5.15. The quantitative estimate of drug-likeness (QED) is 0.487. The molecule has 38 valence electrons. The molecule has 0 saturated carbocycles. The van der Waals surface area contributed by atoms with Crippen molar-refractivity contribution < 1.29 is 5.11 Å². The Bertz CT molecular complexity index is 58.6. The van der Waals surface area contributed by atoms with Gasteiger partial charge in [0.15, 0.2) is 0 Å². The monoisotopic (exact) mass is 106 g/mol. The van der Waals surface area contributed by atoms with E-state index in [2.05, 4.69) is 5.87 Å². The predicted octanol–water partition coefficient (Wildman–Crippen LogP) is 0.655. The molecule has 0 saturated heterocycles. The van der Waals surface area contributed by atoms with Crippen molar-refractivity contribution in [2.75, 3.05) is 6.26 Å². The SMILES string of the molecule is C=S(C)C(C)O. The molecule has 0 bridgehead atoms. The lowest BCUT2D eigenvalue weighted by molar-refractivity contribution is 0.284. The van der Waals surface area contributed by atoms with Crippen LogP contribution in [0.1, 0.15) is 6.92 Å². The molecule has 0 aliphatic carbocycles. The highest BCUT2D eigenvalue weighted by atomic mass is 32.2. The molecule has 0 heterocycles. The number of hydrogen-bond acceptors (Lipinski definition) is 1. The molecule has 1 N–H and O–H groups in total. The van der Waals surface area contributed by atoms with Crippen molar-refractivity contribution in [1.82, 2.24) is 0 Å². The summed E-state index contributed by atoms with van der Waals surface area (Å²) in [5.41, 5.74) is -0.231. The fourth-order valence-electron chi connectivity index (χ4n) is 0. The van der Waals surface area contributed by atoms with E-state index in [1.165, 1.54) is 0 Å². The summed E-state index contributed by atoms with van der Waals surface area (Å²) in [6.45, 7) is 1.75. The Kier molecular flexibility index (Phi) is 2.44. The van der Waals surface area contributed by atoms with E-state index in [0.717, 1.165) is 0 Å². The zero-order valence-electron chi connectivity index (χ0n) is 4.14. The van der Waals surface area contributed by atoms with Gasteiger partial charge in [-0.1, -0.05) is 5.87 Å². The van der Waals surface area contributed by atoms with Crippen molar-refractivity contribution in [3.05, 3.63) is 0 Å². The lowest BCUT2D eigenvalue weighted by Gasteiger charge is -1.99. The summed E-state index contributed by atoms with van der Waals surface area (Å²) in [5.74, 6) is 3.62. The molecule has 0 aromatic rings. The van der Waals surface area contributed by atoms with E-state index in [9.17, 15) is 0 Å².